The van der Waals surface area contributed by atoms with Gasteiger partial charge >= 0.3 is 0 Å². The molecule has 0 aromatic carbocycles. The van der Waals surface area contributed by atoms with Crippen molar-refractivity contribution in [2.75, 3.05) is 12.4 Å². The van der Waals surface area contributed by atoms with E-state index >= 15 is 0 Å². The molecule has 0 unspecified atom stereocenters. The van der Waals surface area contributed by atoms with Crippen molar-refractivity contribution in [1.29, 1.82) is 0 Å². The van der Waals surface area contributed by atoms with E-state index in [0.29, 0.717) is 5.75 Å². The van der Waals surface area contributed by atoms with Gasteiger partial charge in [-0.3, -0.25) is 4.68 Å². The molecule has 0 amide bonds. The maximum absolute atomic E-state index is 5.29. The Hall–Kier alpha value is -2.02. The number of fused-ring (bicyclic) bond motifs is 1. The van der Waals surface area contributed by atoms with Crippen LogP contribution < -0.4 is 5.32 Å². The van der Waals surface area contributed by atoms with Crippen LogP contribution in [0, 0.1) is 6.92 Å². The van der Waals surface area contributed by atoms with Gasteiger partial charge in [-0.1, -0.05) is 0 Å². The molecule has 0 spiro atoms. The Morgan fingerprint density at radius 1 is 1.40 bits per heavy atom. The third-order valence-corrected chi connectivity index (χ3v) is 4.18. The second-order valence-corrected chi connectivity index (χ2v) is 5.39. The first-order valence-corrected chi connectivity index (χ1v) is 7.21. The molecular formula is C13H15N5OS. The standard InChI is InChI=1S/C13H15N5OS/c1-8-10(4-5-19-8)20-7-11-16-12(14-2)9-6-15-18(3)13(9)17-11/h4-6H,7H2,1-3H3,(H,14,16,17). The van der Waals surface area contributed by atoms with Crippen molar-refractivity contribution in [3.05, 3.63) is 30.1 Å². The minimum Gasteiger partial charge on any atom is -0.468 e. The molecule has 0 bridgehead atoms. The Morgan fingerprint density at radius 3 is 2.95 bits per heavy atom. The molecule has 104 valence electrons. The third-order valence-electron chi connectivity index (χ3n) is 3.04. The Morgan fingerprint density at radius 2 is 2.25 bits per heavy atom. The van der Waals surface area contributed by atoms with Crippen molar-refractivity contribution in [1.82, 2.24) is 19.7 Å². The molecule has 0 radical (unpaired) electrons. The molecule has 1 N–H and O–H groups in total. The number of hydrogen-bond donors (Lipinski definition) is 1. The lowest BCUT2D eigenvalue weighted by Crippen LogP contribution is -2.02. The maximum Gasteiger partial charge on any atom is 0.163 e. The van der Waals surface area contributed by atoms with Crippen LogP contribution >= 0.6 is 11.8 Å². The molecule has 0 aliphatic carbocycles. The summed E-state index contributed by atoms with van der Waals surface area (Å²) in [6, 6.07) is 1.96. The molecule has 0 aliphatic rings. The largest absolute Gasteiger partial charge is 0.468 e. The predicted octanol–water partition coefficient (Wildman–Crippen LogP) is 2.60. The van der Waals surface area contributed by atoms with E-state index in [2.05, 4.69) is 20.4 Å². The van der Waals surface area contributed by atoms with Gasteiger partial charge in [-0.2, -0.15) is 5.10 Å². The van der Waals surface area contributed by atoms with Crippen LogP contribution in [0.4, 0.5) is 5.82 Å². The normalized spacial score (nSPS) is 11.2. The van der Waals surface area contributed by atoms with Crippen molar-refractivity contribution in [3.63, 3.8) is 0 Å². The zero-order valence-corrected chi connectivity index (χ0v) is 12.4. The van der Waals surface area contributed by atoms with E-state index in [1.807, 2.05) is 27.1 Å². The number of nitrogens with zero attached hydrogens (tertiary/aromatic N) is 4. The molecule has 0 aliphatic heterocycles. The number of aryl methyl sites for hydroxylation is 2. The summed E-state index contributed by atoms with van der Waals surface area (Å²) in [7, 11) is 3.73. The second kappa shape index (κ2) is 5.16. The molecule has 0 atom stereocenters. The summed E-state index contributed by atoms with van der Waals surface area (Å²) in [6.07, 6.45) is 3.47. The molecule has 0 fully saturated rings. The van der Waals surface area contributed by atoms with E-state index in [9.17, 15) is 0 Å². The van der Waals surface area contributed by atoms with E-state index in [-0.39, 0.29) is 0 Å². The minimum absolute atomic E-state index is 0.691. The van der Waals surface area contributed by atoms with Crippen LogP contribution in [0.1, 0.15) is 11.6 Å². The molecule has 20 heavy (non-hydrogen) atoms. The lowest BCUT2D eigenvalue weighted by atomic mass is 10.4. The van der Waals surface area contributed by atoms with Gasteiger partial charge in [0, 0.05) is 19.0 Å². The number of thioether (sulfide) groups is 1. The van der Waals surface area contributed by atoms with Crippen molar-refractivity contribution < 1.29 is 4.42 Å². The summed E-state index contributed by atoms with van der Waals surface area (Å²) in [5.41, 5.74) is 0.837. The fourth-order valence-electron chi connectivity index (χ4n) is 1.99. The molecule has 3 rings (SSSR count). The molecule has 0 saturated heterocycles. The van der Waals surface area contributed by atoms with Gasteiger partial charge in [0.25, 0.3) is 0 Å². The topological polar surface area (TPSA) is 68.8 Å². The van der Waals surface area contributed by atoms with Crippen LogP contribution in [0.5, 0.6) is 0 Å². The van der Waals surface area contributed by atoms with Gasteiger partial charge in [-0.05, 0) is 13.0 Å². The van der Waals surface area contributed by atoms with E-state index in [4.69, 9.17) is 4.42 Å². The smallest absolute Gasteiger partial charge is 0.163 e. The first kappa shape index (κ1) is 13.0. The number of nitrogens with one attached hydrogen (secondary N) is 1. The highest BCUT2D eigenvalue weighted by molar-refractivity contribution is 7.98. The highest BCUT2D eigenvalue weighted by atomic mass is 32.2. The number of hydrogen-bond acceptors (Lipinski definition) is 6. The summed E-state index contributed by atoms with van der Waals surface area (Å²) in [4.78, 5) is 10.2. The molecule has 3 heterocycles. The van der Waals surface area contributed by atoms with Gasteiger partial charge < -0.3 is 9.73 Å². The van der Waals surface area contributed by atoms with Crippen LogP contribution in [0.2, 0.25) is 0 Å². The molecular weight excluding hydrogens is 274 g/mol. The predicted molar refractivity (Wildman–Crippen MR) is 78.9 cm³/mol. The van der Waals surface area contributed by atoms with Gasteiger partial charge in [0.1, 0.15) is 17.4 Å². The zero-order chi connectivity index (χ0) is 14.1. The van der Waals surface area contributed by atoms with E-state index < -0.39 is 0 Å². The number of rotatable bonds is 4. The highest BCUT2D eigenvalue weighted by Gasteiger charge is 2.11. The summed E-state index contributed by atoms with van der Waals surface area (Å²) >= 11 is 1.67. The minimum atomic E-state index is 0.691. The molecule has 0 saturated carbocycles. The Labute approximate surface area is 120 Å². The molecule has 6 nitrogen and oxygen atoms in total. The van der Waals surface area contributed by atoms with Crippen molar-refractivity contribution in [2.24, 2.45) is 7.05 Å². The van der Waals surface area contributed by atoms with Crippen LogP contribution in [0.3, 0.4) is 0 Å². The lowest BCUT2D eigenvalue weighted by Gasteiger charge is -2.05. The van der Waals surface area contributed by atoms with E-state index in [0.717, 1.165) is 33.3 Å². The monoisotopic (exact) mass is 289 g/mol. The van der Waals surface area contributed by atoms with Crippen LogP contribution in [0.15, 0.2) is 27.8 Å². The van der Waals surface area contributed by atoms with Crippen LogP contribution in [-0.2, 0) is 12.8 Å². The summed E-state index contributed by atoms with van der Waals surface area (Å²) in [5, 5.41) is 8.25. The van der Waals surface area contributed by atoms with Gasteiger partial charge in [0.05, 0.1) is 23.6 Å². The second-order valence-electron chi connectivity index (χ2n) is 4.37. The van der Waals surface area contributed by atoms with Crippen LogP contribution in [-0.4, -0.2) is 26.8 Å². The van der Waals surface area contributed by atoms with Crippen molar-refractivity contribution in [2.45, 2.75) is 17.6 Å². The van der Waals surface area contributed by atoms with Crippen molar-refractivity contribution in [3.8, 4) is 0 Å². The van der Waals surface area contributed by atoms with Crippen LogP contribution in [0.25, 0.3) is 11.0 Å². The molecule has 3 aromatic heterocycles. The van der Waals surface area contributed by atoms with E-state index in [1.165, 1.54) is 0 Å². The average Bonchev–Trinajstić information content (AvgIpc) is 3.03. The number of furan rings is 1. The van der Waals surface area contributed by atoms with Crippen molar-refractivity contribution >= 4 is 28.6 Å². The fraction of sp³-hybridized carbons (Fsp3) is 0.308. The lowest BCUT2D eigenvalue weighted by molar-refractivity contribution is 0.527. The molecule has 3 aromatic rings. The Kier molecular flexibility index (Phi) is 3.35. The Balaban J connectivity index is 1.91. The first-order valence-electron chi connectivity index (χ1n) is 6.22. The van der Waals surface area contributed by atoms with E-state index in [1.54, 1.807) is 28.9 Å². The molecule has 7 heteroatoms. The quantitative estimate of drug-likeness (QED) is 0.745. The highest BCUT2D eigenvalue weighted by Crippen LogP contribution is 2.27. The SMILES string of the molecule is CNc1nc(CSc2ccoc2C)nc2c1cnn2C. The average molecular weight is 289 g/mol. The summed E-state index contributed by atoms with van der Waals surface area (Å²) < 4.78 is 7.05. The number of aromatic nitrogens is 4. The maximum atomic E-state index is 5.29. The third kappa shape index (κ3) is 2.24. The fourth-order valence-corrected chi connectivity index (χ4v) is 2.80. The zero-order valence-electron chi connectivity index (χ0n) is 11.5. The Bertz CT molecular complexity index is 748. The van der Waals surface area contributed by atoms with Gasteiger partial charge in [-0.15, -0.1) is 11.8 Å². The summed E-state index contributed by atoms with van der Waals surface area (Å²) in [5.74, 6) is 3.19. The number of anilines is 1. The van der Waals surface area contributed by atoms with Gasteiger partial charge in [0.2, 0.25) is 0 Å². The van der Waals surface area contributed by atoms with Gasteiger partial charge in [0.15, 0.2) is 5.65 Å². The summed E-state index contributed by atoms with van der Waals surface area (Å²) in [6.45, 7) is 1.95. The van der Waals surface area contributed by atoms with Gasteiger partial charge in [-0.25, -0.2) is 9.97 Å². The first-order chi connectivity index (χ1) is 9.69.